The minimum absolute atomic E-state index is 0.0946. The zero-order chi connectivity index (χ0) is 17.1. The molecule has 0 amide bonds. The number of hydrogen-bond donors (Lipinski definition) is 2. The molecular weight excluding hydrogens is 310 g/mol. The fraction of sp³-hybridized carbons (Fsp3) is 0.812. The lowest BCUT2D eigenvalue weighted by atomic mass is 9.97. The van der Waals surface area contributed by atoms with Gasteiger partial charge in [0.15, 0.2) is 0 Å². The van der Waals surface area contributed by atoms with Crippen molar-refractivity contribution in [1.29, 1.82) is 0 Å². The third kappa shape index (κ3) is 4.12. The number of aliphatic hydroxyl groups excluding tert-OH is 1. The third-order valence-corrected chi connectivity index (χ3v) is 5.15. The van der Waals surface area contributed by atoms with Crippen LogP contribution in [-0.4, -0.2) is 79.6 Å². The van der Waals surface area contributed by atoms with Gasteiger partial charge in [-0.1, -0.05) is 0 Å². The minimum atomic E-state index is -0.776. The highest BCUT2D eigenvalue weighted by Gasteiger charge is 2.27. The molecule has 1 aromatic rings. The van der Waals surface area contributed by atoms with Crippen molar-refractivity contribution in [3.63, 3.8) is 0 Å². The van der Waals surface area contributed by atoms with Crippen molar-refractivity contribution >= 4 is 5.97 Å². The molecule has 24 heavy (non-hydrogen) atoms. The van der Waals surface area contributed by atoms with Crippen LogP contribution in [0.15, 0.2) is 0 Å². The molecule has 2 fully saturated rings. The molecule has 0 radical (unpaired) electrons. The normalized spacial score (nSPS) is 24.3. The lowest BCUT2D eigenvalue weighted by Crippen LogP contribution is -2.38. The number of carboxylic acid groups (broad SMARTS) is 1. The van der Waals surface area contributed by atoms with Crippen molar-refractivity contribution in [2.75, 3.05) is 32.7 Å². The minimum Gasteiger partial charge on any atom is -0.480 e. The smallest absolute Gasteiger partial charge is 0.317 e. The van der Waals surface area contributed by atoms with E-state index in [1.165, 1.54) is 0 Å². The van der Waals surface area contributed by atoms with E-state index in [0.717, 1.165) is 70.1 Å². The van der Waals surface area contributed by atoms with Crippen LogP contribution < -0.4 is 0 Å². The van der Waals surface area contributed by atoms with Crippen LogP contribution in [0.4, 0.5) is 0 Å². The number of rotatable bonds is 5. The Morgan fingerprint density at radius 2 is 1.92 bits per heavy atom. The molecule has 0 saturated carbocycles. The summed E-state index contributed by atoms with van der Waals surface area (Å²) in [5.41, 5.74) is 0. The summed E-state index contributed by atoms with van der Waals surface area (Å²) in [5, 5.41) is 27.3. The number of piperidine rings is 2. The monoisotopic (exact) mass is 337 g/mol. The number of aromatic nitrogens is 3. The molecule has 0 spiro atoms. The van der Waals surface area contributed by atoms with Crippen LogP contribution in [0.3, 0.4) is 0 Å². The van der Waals surface area contributed by atoms with Crippen LogP contribution in [-0.2, 0) is 18.4 Å². The Morgan fingerprint density at radius 3 is 2.62 bits per heavy atom. The topological polar surface area (TPSA) is 94.7 Å². The molecule has 3 heterocycles. The number of aliphatic carboxylic acids is 1. The first-order valence-electron chi connectivity index (χ1n) is 8.75. The summed E-state index contributed by atoms with van der Waals surface area (Å²) in [7, 11) is 2.00. The van der Waals surface area contributed by atoms with Crippen molar-refractivity contribution in [2.45, 2.75) is 44.2 Å². The molecule has 8 heteroatoms. The van der Waals surface area contributed by atoms with Gasteiger partial charge in [-0.25, -0.2) is 0 Å². The predicted octanol–water partition coefficient (Wildman–Crippen LogP) is 0.0358. The van der Waals surface area contributed by atoms with Gasteiger partial charge in [0, 0.05) is 32.6 Å². The second-order valence-electron chi connectivity index (χ2n) is 7.01. The van der Waals surface area contributed by atoms with Gasteiger partial charge < -0.3 is 14.8 Å². The van der Waals surface area contributed by atoms with Crippen LogP contribution in [0.25, 0.3) is 0 Å². The number of carboxylic acids is 1. The summed E-state index contributed by atoms with van der Waals surface area (Å²) < 4.78 is 2.07. The first-order chi connectivity index (χ1) is 11.5. The molecule has 8 nitrogen and oxygen atoms in total. The van der Waals surface area contributed by atoms with Crippen molar-refractivity contribution < 1.29 is 15.0 Å². The average molecular weight is 337 g/mol. The summed E-state index contributed by atoms with van der Waals surface area (Å²) in [5.74, 6) is 1.36. The van der Waals surface area contributed by atoms with Crippen molar-refractivity contribution in [1.82, 2.24) is 24.6 Å². The Morgan fingerprint density at radius 1 is 1.17 bits per heavy atom. The van der Waals surface area contributed by atoms with Crippen molar-refractivity contribution in [3.05, 3.63) is 11.6 Å². The van der Waals surface area contributed by atoms with E-state index in [0.29, 0.717) is 0 Å². The fourth-order valence-electron chi connectivity index (χ4n) is 3.75. The second-order valence-corrected chi connectivity index (χ2v) is 7.01. The fourth-order valence-corrected chi connectivity index (χ4v) is 3.75. The van der Waals surface area contributed by atoms with E-state index in [-0.39, 0.29) is 18.6 Å². The molecule has 2 N–H and O–H groups in total. The third-order valence-electron chi connectivity index (χ3n) is 5.15. The molecule has 2 aliphatic heterocycles. The summed E-state index contributed by atoms with van der Waals surface area (Å²) in [6.45, 7) is 4.19. The Kier molecular flexibility index (Phi) is 5.47. The van der Waals surface area contributed by atoms with Crippen molar-refractivity contribution in [3.8, 4) is 0 Å². The molecule has 0 unspecified atom stereocenters. The highest BCUT2D eigenvalue weighted by molar-refractivity contribution is 5.69. The van der Waals surface area contributed by atoms with E-state index in [1.54, 1.807) is 0 Å². The van der Waals surface area contributed by atoms with Crippen LogP contribution >= 0.6 is 0 Å². The number of aliphatic hydroxyl groups is 1. The standard InChI is InChI=1S/C16H27N5O3/c1-19-14(10-20-7-4-13(22)5-8-20)17-18-16(19)12-3-2-6-21(9-12)11-15(23)24/h12-13,22H,2-11H2,1H3,(H,23,24)/t12-/m0/s1. The van der Waals surface area contributed by atoms with Gasteiger partial charge in [-0.2, -0.15) is 0 Å². The summed E-state index contributed by atoms with van der Waals surface area (Å²) in [6.07, 6.45) is 3.48. The summed E-state index contributed by atoms with van der Waals surface area (Å²) in [6, 6.07) is 0. The van der Waals surface area contributed by atoms with Crippen LogP contribution in [0.2, 0.25) is 0 Å². The molecular formula is C16H27N5O3. The number of likely N-dealkylation sites (tertiary alicyclic amines) is 2. The van der Waals surface area contributed by atoms with Gasteiger partial charge in [0.2, 0.25) is 0 Å². The molecule has 1 atom stereocenters. The maximum Gasteiger partial charge on any atom is 0.317 e. The number of carbonyl (C=O) groups is 1. The maximum atomic E-state index is 10.9. The lowest BCUT2D eigenvalue weighted by Gasteiger charge is -2.31. The van der Waals surface area contributed by atoms with Gasteiger partial charge in [0.05, 0.1) is 19.2 Å². The van der Waals surface area contributed by atoms with E-state index in [9.17, 15) is 9.90 Å². The van der Waals surface area contributed by atoms with Crippen molar-refractivity contribution in [2.24, 2.45) is 7.05 Å². The van der Waals surface area contributed by atoms with Gasteiger partial charge in [-0.05, 0) is 32.2 Å². The second kappa shape index (κ2) is 7.58. The maximum absolute atomic E-state index is 10.9. The largest absolute Gasteiger partial charge is 0.480 e. The predicted molar refractivity (Wildman–Crippen MR) is 87.6 cm³/mol. The first-order valence-corrected chi connectivity index (χ1v) is 8.75. The molecule has 0 aliphatic carbocycles. The van der Waals surface area contributed by atoms with Gasteiger partial charge in [-0.3, -0.25) is 14.6 Å². The van der Waals surface area contributed by atoms with E-state index >= 15 is 0 Å². The number of hydrogen-bond acceptors (Lipinski definition) is 6. The summed E-state index contributed by atoms with van der Waals surface area (Å²) in [4.78, 5) is 15.2. The van der Waals surface area contributed by atoms with Crippen LogP contribution in [0, 0.1) is 0 Å². The van der Waals surface area contributed by atoms with Gasteiger partial charge >= 0.3 is 5.97 Å². The molecule has 2 saturated heterocycles. The first kappa shape index (κ1) is 17.3. The molecule has 3 rings (SSSR count). The average Bonchev–Trinajstić information content (AvgIpc) is 2.90. The quantitative estimate of drug-likeness (QED) is 0.783. The van der Waals surface area contributed by atoms with Gasteiger partial charge in [0.1, 0.15) is 11.6 Å². The molecule has 134 valence electrons. The van der Waals surface area contributed by atoms with Crippen LogP contribution in [0.5, 0.6) is 0 Å². The Hall–Kier alpha value is -1.51. The van der Waals surface area contributed by atoms with Gasteiger partial charge in [0.25, 0.3) is 0 Å². The van der Waals surface area contributed by atoms with E-state index < -0.39 is 5.97 Å². The molecule has 2 aliphatic rings. The highest BCUT2D eigenvalue weighted by Crippen LogP contribution is 2.26. The number of nitrogens with zero attached hydrogens (tertiary/aromatic N) is 5. The van der Waals surface area contributed by atoms with E-state index in [4.69, 9.17) is 5.11 Å². The zero-order valence-corrected chi connectivity index (χ0v) is 14.3. The zero-order valence-electron chi connectivity index (χ0n) is 14.3. The lowest BCUT2D eigenvalue weighted by molar-refractivity contribution is -0.138. The Labute approximate surface area is 142 Å². The van der Waals surface area contributed by atoms with Gasteiger partial charge in [-0.15, -0.1) is 10.2 Å². The Balaban J connectivity index is 1.62. The molecule has 1 aromatic heterocycles. The summed E-state index contributed by atoms with van der Waals surface area (Å²) >= 11 is 0. The highest BCUT2D eigenvalue weighted by atomic mass is 16.4. The van der Waals surface area contributed by atoms with E-state index in [2.05, 4.69) is 19.7 Å². The van der Waals surface area contributed by atoms with E-state index in [1.807, 2.05) is 11.9 Å². The Bertz CT molecular complexity index is 568. The molecule has 0 aromatic carbocycles. The SMILES string of the molecule is Cn1c(CN2CCC(O)CC2)nnc1[C@H]1CCCN(CC(=O)O)C1. The molecule has 0 bridgehead atoms. The van der Waals surface area contributed by atoms with Crippen LogP contribution in [0.1, 0.15) is 43.3 Å².